The van der Waals surface area contributed by atoms with Gasteiger partial charge in [0.2, 0.25) is 0 Å². The molecule has 0 bridgehead atoms. The van der Waals surface area contributed by atoms with Gasteiger partial charge in [0.1, 0.15) is 6.61 Å². The predicted octanol–water partition coefficient (Wildman–Crippen LogP) is 5.93. The Balaban J connectivity index is 1.28. The lowest BCUT2D eigenvalue weighted by Crippen LogP contribution is -2.17. The summed E-state index contributed by atoms with van der Waals surface area (Å²) in [6, 6.07) is 16.3. The lowest BCUT2D eigenvalue weighted by molar-refractivity contribution is 0.0698. The van der Waals surface area contributed by atoms with Crippen LogP contribution in [0.25, 0.3) is 22.4 Å². The van der Waals surface area contributed by atoms with E-state index in [1.165, 1.54) is 33.8 Å². The van der Waals surface area contributed by atoms with Gasteiger partial charge >= 0.3 is 12.1 Å². The second kappa shape index (κ2) is 7.98. The molecule has 1 amide bonds. The molecule has 1 aliphatic rings. The molecule has 4 aromatic rings. The summed E-state index contributed by atoms with van der Waals surface area (Å²) < 4.78 is 5.53. The van der Waals surface area contributed by atoms with Crippen molar-refractivity contribution in [1.82, 2.24) is 4.98 Å². The van der Waals surface area contributed by atoms with Gasteiger partial charge in [-0.2, -0.15) is 11.3 Å². The van der Waals surface area contributed by atoms with Gasteiger partial charge in [0.15, 0.2) is 5.13 Å². The van der Waals surface area contributed by atoms with Crippen LogP contribution < -0.4 is 5.32 Å². The number of aromatic nitrogens is 1. The van der Waals surface area contributed by atoms with Crippen molar-refractivity contribution in [3.05, 3.63) is 81.4 Å². The fraction of sp³-hybridized carbons (Fsp3) is 0.0870. The van der Waals surface area contributed by atoms with E-state index in [2.05, 4.69) is 34.6 Å². The quantitative estimate of drug-likeness (QED) is 0.395. The van der Waals surface area contributed by atoms with Crippen molar-refractivity contribution in [3.63, 3.8) is 0 Å². The van der Waals surface area contributed by atoms with Crippen LogP contribution in [-0.2, 0) is 4.74 Å². The van der Waals surface area contributed by atoms with Gasteiger partial charge < -0.3 is 9.84 Å². The molecule has 2 aromatic carbocycles. The Bertz CT molecular complexity index is 1250. The van der Waals surface area contributed by atoms with E-state index in [4.69, 9.17) is 4.74 Å². The Morgan fingerprint density at radius 2 is 1.65 bits per heavy atom. The highest BCUT2D eigenvalue weighted by atomic mass is 32.1. The Kier molecular flexibility index (Phi) is 5.01. The molecule has 0 atom stereocenters. The maximum atomic E-state index is 12.4. The van der Waals surface area contributed by atoms with E-state index in [0.29, 0.717) is 16.4 Å². The minimum Gasteiger partial charge on any atom is -0.478 e. The van der Waals surface area contributed by atoms with E-state index >= 15 is 0 Å². The monoisotopic (exact) mass is 448 g/mol. The van der Waals surface area contributed by atoms with E-state index in [9.17, 15) is 14.7 Å². The first kappa shape index (κ1) is 19.5. The molecule has 0 saturated carbocycles. The van der Waals surface area contributed by atoms with Crippen LogP contribution in [0, 0.1) is 0 Å². The summed E-state index contributed by atoms with van der Waals surface area (Å²) in [4.78, 5) is 28.1. The van der Waals surface area contributed by atoms with E-state index in [0.717, 1.165) is 11.1 Å². The number of hydrogen-bond acceptors (Lipinski definition) is 6. The van der Waals surface area contributed by atoms with E-state index in [-0.39, 0.29) is 18.1 Å². The number of carboxylic acid groups (broad SMARTS) is 1. The summed E-state index contributed by atoms with van der Waals surface area (Å²) in [6.07, 6.45) is -0.591. The second-order valence-electron chi connectivity index (χ2n) is 6.99. The average Bonchev–Trinajstić information content (AvgIpc) is 3.50. The van der Waals surface area contributed by atoms with Crippen molar-refractivity contribution in [2.75, 3.05) is 11.9 Å². The van der Waals surface area contributed by atoms with E-state index < -0.39 is 12.1 Å². The zero-order valence-electron chi connectivity index (χ0n) is 16.1. The highest BCUT2D eigenvalue weighted by Gasteiger charge is 2.29. The van der Waals surface area contributed by atoms with Gasteiger partial charge in [0.05, 0.1) is 11.3 Å². The number of hydrogen-bond donors (Lipinski definition) is 2. The molecule has 0 radical (unpaired) electrons. The van der Waals surface area contributed by atoms with Crippen LogP contribution in [-0.4, -0.2) is 28.8 Å². The number of ether oxygens (including phenoxy) is 1. The summed E-state index contributed by atoms with van der Waals surface area (Å²) in [5.41, 5.74) is 5.87. The Morgan fingerprint density at radius 3 is 2.32 bits per heavy atom. The molecule has 2 aromatic heterocycles. The number of nitrogens with one attached hydrogen (secondary N) is 1. The van der Waals surface area contributed by atoms with Crippen molar-refractivity contribution in [1.29, 1.82) is 0 Å². The number of nitrogens with zero attached hydrogens (tertiary/aromatic N) is 1. The van der Waals surface area contributed by atoms with Crippen LogP contribution in [0.4, 0.5) is 9.93 Å². The third kappa shape index (κ3) is 3.60. The van der Waals surface area contributed by atoms with Gasteiger partial charge in [-0.05, 0) is 22.3 Å². The molecule has 2 N–H and O–H groups in total. The molecule has 0 spiro atoms. The number of thiophene rings is 1. The SMILES string of the molecule is O=C(Nc1nc(-c2cscc2C(=O)O)cs1)OCC1c2ccccc2-c2ccccc21. The Morgan fingerprint density at radius 1 is 0.968 bits per heavy atom. The summed E-state index contributed by atoms with van der Waals surface area (Å²) in [5, 5.41) is 17.3. The van der Waals surface area contributed by atoms with Crippen LogP contribution in [0.3, 0.4) is 0 Å². The van der Waals surface area contributed by atoms with Crippen molar-refractivity contribution in [2.45, 2.75) is 5.92 Å². The molecule has 0 aliphatic heterocycles. The number of carbonyl (C=O) groups excluding carboxylic acids is 1. The number of fused-ring (bicyclic) bond motifs is 3. The Labute approximate surface area is 185 Å². The molecule has 5 rings (SSSR count). The number of aromatic carboxylic acids is 1. The molecular weight excluding hydrogens is 432 g/mol. The van der Waals surface area contributed by atoms with Crippen LogP contribution in [0.1, 0.15) is 27.4 Å². The highest BCUT2D eigenvalue weighted by Crippen LogP contribution is 2.44. The minimum absolute atomic E-state index is 0.0195. The van der Waals surface area contributed by atoms with Crippen LogP contribution in [0.15, 0.2) is 64.7 Å². The number of anilines is 1. The smallest absolute Gasteiger partial charge is 0.413 e. The normalized spacial score (nSPS) is 12.3. The average molecular weight is 449 g/mol. The molecule has 0 saturated heterocycles. The molecule has 0 fully saturated rings. The van der Waals surface area contributed by atoms with Crippen molar-refractivity contribution in [2.24, 2.45) is 0 Å². The number of carbonyl (C=O) groups is 2. The molecular formula is C23H16N2O4S2. The summed E-state index contributed by atoms with van der Waals surface area (Å²) in [7, 11) is 0. The lowest BCUT2D eigenvalue weighted by atomic mass is 9.98. The molecule has 8 heteroatoms. The van der Waals surface area contributed by atoms with Crippen molar-refractivity contribution in [3.8, 4) is 22.4 Å². The fourth-order valence-electron chi connectivity index (χ4n) is 3.84. The summed E-state index contributed by atoms with van der Waals surface area (Å²) in [6.45, 7) is 0.214. The number of carboxylic acids is 1. The molecule has 1 aliphatic carbocycles. The van der Waals surface area contributed by atoms with Gasteiger partial charge in [-0.15, -0.1) is 11.3 Å². The fourth-order valence-corrected chi connectivity index (χ4v) is 5.35. The van der Waals surface area contributed by atoms with Gasteiger partial charge in [-0.1, -0.05) is 48.5 Å². The molecule has 2 heterocycles. The second-order valence-corrected chi connectivity index (χ2v) is 8.59. The third-order valence-electron chi connectivity index (χ3n) is 5.23. The highest BCUT2D eigenvalue weighted by molar-refractivity contribution is 7.14. The zero-order valence-corrected chi connectivity index (χ0v) is 17.7. The van der Waals surface area contributed by atoms with Gasteiger partial charge in [0.25, 0.3) is 0 Å². The number of amides is 1. The molecule has 0 unspecified atom stereocenters. The van der Waals surface area contributed by atoms with Crippen molar-refractivity contribution >= 4 is 39.9 Å². The number of benzene rings is 2. The molecule has 154 valence electrons. The maximum absolute atomic E-state index is 12.4. The van der Waals surface area contributed by atoms with Crippen LogP contribution in [0.5, 0.6) is 0 Å². The topological polar surface area (TPSA) is 88.5 Å². The predicted molar refractivity (Wildman–Crippen MR) is 121 cm³/mol. The largest absolute Gasteiger partial charge is 0.478 e. The van der Waals surface area contributed by atoms with E-state index in [1.54, 1.807) is 16.1 Å². The maximum Gasteiger partial charge on any atom is 0.413 e. The molecule has 6 nitrogen and oxygen atoms in total. The third-order valence-corrected chi connectivity index (χ3v) is 6.73. The van der Waals surface area contributed by atoms with Crippen LogP contribution >= 0.6 is 22.7 Å². The van der Waals surface area contributed by atoms with E-state index in [1.807, 2.05) is 24.3 Å². The zero-order chi connectivity index (χ0) is 21.4. The standard InChI is InChI=1S/C23H16N2O4S2/c26-21(27)19-11-30-10-18(19)20-12-31-22(24-20)25-23(28)29-9-17-15-7-3-1-5-13(15)14-6-2-4-8-16(14)17/h1-8,10-12,17H,9H2,(H,26,27)(H,24,25,28). The van der Waals surface area contributed by atoms with Gasteiger partial charge in [-0.3, -0.25) is 5.32 Å². The minimum atomic E-state index is -1.00. The summed E-state index contributed by atoms with van der Waals surface area (Å²) in [5.74, 6) is -1.02. The number of rotatable bonds is 5. The summed E-state index contributed by atoms with van der Waals surface area (Å²) >= 11 is 2.52. The lowest BCUT2D eigenvalue weighted by Gasteiger charge is -2.14. The first-order valence-corrected chi connectivity index (χ1v) is 11.3. The van der Waals surface area contributed by atoms with Gasteiger partial charge in [0, 0.05) is 27.6 Å². The first-order chi connectivity index (χ1) is 15.1. The number of thiazole rings is 1. The molecule has 31 heavy (non-hydrogen) atoms. The van der Waals surface area contributed by atoms with Crippen molar-refractivity contribution < 1.29 is 19.4 Å². The first-order valence-electron chi connectivity index (χ1n) is 9.49. The Hall–Kier alpha value is -3.49. The van der Waals surface area contributed by atoms with Crippen LogP contribution in [0.2, 0.25) is 0 Å². The van der Waals surface area contributed by atoms with Gasteiger partial charge in [-0.25, -0.2) is 14.6 Å².